The molecule has 7 rings (SSSR count). The lowest BCUT2D eigenvalue weighted by Crippen LogP contribution is -2.52. The molecule has 0 bridgehead atoms. The molecule has 1 saturated heterocycles. The molecule has 420 valence electrons. The predicted molar refractivity (Wildman–Crippen MR) is 283 cm³/mol. The lowest BCUT2D eigenvalue weighted by molar-refractivity contribution is -0.141. The van der Waals surface area contributed by atoms with Crippen molar-refractivity contribution in [1.29, 1.82) is 0 Å². The fraction of sp³-hybridized carbons (Fsp3) is 0.567. The molecule has 0 aromatic heterocycles. The Morgan fingerprint density at radius 1 is 0.500 bits per heavy atom. The molecule has 18 nitrogen and oxygen atoms in total. The second kappa shape index (κ2) is 29.0. The fourth-order valence-electron chi connectivity index (χ4n) is 11.6. The largest absolute Gasteiger partial charge is 0.459 e. The minimum absolute atomic E-state index is 0.0314. The van der Waals surface area contributed by atoms with E-state index in [1.165, 1.54) is 71.9 Å². The quantitative estimate of drug-likeness (QED) is 0.0339. The fourth-order valence-corrected chi connectivity index (χ4v) is 11.6. The first-order chi connectivity index (χ1) is 37.7. The van der Waals surface area contributed by atoms with Crippen molar-refractivity contribution in [3.63, 3.8) is 0 Å². The Morgan fingerprint density at radius 2 is 0.859 bits per heavy atom. The Morgan fingerprint density at radius 3 is 1.23 bits per heavy atom. The van der Waals surface area contributed by atoms with Crippen LogP contribution >= 0.6 is 0 Å². The highest BCUT2D eigenvalue weighted by Crippen LogP contribution is 2.43. The van der Waals surface area contributed by atoms with Gasteiger partial charge in [0.25, 0.3) is 0 Å². The zero-order valence-corrected chi connectivity index (χ0v) is 45.0. The third-order valence-electron chi connectivity index (χ3n) is 16.1. The van der Waals surface area contributed by atoms with Gasteiger partial charge in [0.15, 0.2) is 0 Å². The summed E-state index contributed by atoms with van der Waals surface area (Å²) in [7, 11) is 0. The van der Waals surface area contributed by atoms with E-state index < -0.39 is 48.0 Å². The van der Waals surface area contributed by atoms with Crippen molar-refractivity contribution in [1.82, 2.24) is 9.80 Å². The van der Waals surface area contributed by atoms with Crippen LogP contribution in [-0.2, 0) is 38.1 Å². The molecule has 5 aliphatic rings. The molecule has 78 heavy (non-hydrogen) atoms. The number of hydrogen-bond donors (Lipinski definition) is 0. The van der Waals surface area contributed by atoms with Gasteiger partial charge in [0.05, 0.1) is 11.8 Å². The zero-order valence-electron chi connectivity index (χ0n) is 45.0. The van der Waals surface area contributed by atoms with Crippen LogP contribution in [0, 0.1) is 59.2 Å². The van der Waals surface area contributed by atoms with Crippen molar-refractivity contribution in [2.75, 3.05) is 52.6 Å². The van der Waals surface area contributed by atoms with E-state index >= 15 is 0 Å². The smallest absolute Gasteiger partial charge is 0.415 e. The van der Waals surface area contributed by atoms with Crippen LogP contribution in [0.3, 0.4) is 0 Å². The minimum atomic E-state index is -0.910. The number of amides is 2. The SMILES string of the molecule is C=CC(=O)OCCOC(=O)c1cc(OC(=O)N2CCN(C(=O)Oc3ccc(OC(=O)C4CCC(C5CCC(C#CC)CC5)CC4)c(C(=O)OCCOC(=O)C=C)c3)CC2)ccc1OC(=O)C1CCC(C2CCC(C)CC2)CC1. The van der Waals surface area contributed by atoms with Crippen LogP contribution in [0.25, 0.3) is 0 Å². The van der Waals surface area contributed by atoms with Gasteiger partial charge in [0, 0.05) is 44.2 Å². The maximum absolute atomic E-state index is 13.6. The van der Waals surface area contributed by atoms with Crippen molar-refractivity contribution in [3.8, 4) is 34.8 Å². The van der Waals surface area contributed by atoms with E-state index in [1.54, 1.807) is 0 Å². The lowest BCUT2D eigenvalue weighted by Gasteiger charge is -2.36. The molecule has 0 spiro atoms. The number of carbonyl (C=O) groups excluding carboxylic acids is 8. The summed E-state index contributed by atoms with van der Waals surface area (Å²) in [6, 6.07) is 7.99. The van der Waals surface area contributed by atoms with Crippen LogP contribution in [0.5, 0.6) is 23.0 Å². The zero-order chi connectivity index (χ0) is 55.6. The molecule has 0 radical (unpaired) electrons. The van der Waals surface area contributed by atoms with E-state index in [4.69, 9.17) is 37.9 Å². The van der Waals surface area contributed by atoms with Crippen LogP contribution in [0.15, 0.2) is 61.7 Å². The first-order valence-electron chi connectivity index (χ1n) is 27.7. The van der Waals surface area contributed by atoms with Gasteiger partial charge in [-0.3, -0.25) is 9.59 Å². The van der Waals surface area contributed by atoms with Gasteiger partial charge in [0.1, 0.15) is 60.6 Å². The van der Waals surface area contributed by atoms with E-state index in [1.807, 2.05) is 6.92 Å². The average molecular weight is 1080 g/mol. The van der Waals surface area contributed by atoms with Gasteiger partial charge in [-0.2, -0.15) is 0 Å². The van der Waals surface area contributed by atoms with Crippen LogP contribution < -0.4 is 18.9 Å². The molecule has 1 heterocycles. The number of hydrogen-bond acceptors (Lipinski definition) is 16. The highest BCUT2D eigenvalue weighted by Gasteiger charge is 2.36. The molecule has 18 heteroatoms. The maximum Gasteiger partial charge on any atom is 0.415 e. The first-order valence-corrected chi connectivity index (χ1v) is 27.7. The molecule has 4 saturated carbocycles. The molecule has 2 amide bonds. The monoisotopic (exact) mass is 1080 g/mol. The Balaban J connectivity index is 0.932. The van der Waals surface area contributed by atoms with Gasteiger partial charge < -0.3 is 47.7 Å². The number of esters is 6. The normalized spacial score (nSPS) is 24.1. The van der Waals surface area contributed by atoms with Crippen LogP contribution in [-0.4, -0.2) is 110 Å². The number of ether oxygens (including phenoxy) is 8. The molecule has 0 N–H and O–H groups in total. The minimum Gasteiger partial charge on any atom is -0.459 e. The van der Waals surface area contributed by atoms with Gasteiger partial charge in [-0.05, 0) is 163 Å². The molecule has 1 aliphatic heterocycles. The number of rotatable bonds is 18. The summed E-state index contributed by atoms with van der Waals surface area (Å²) in [5.74, 6) is 4.91. The third kappa shape index (κ3) is 16.7. The van der Waals surface area contributed by atoms with E-state index in [9.17, 15) is 38.4 Å². The molecule has 0 unspecified atom stereocenters. The van der Waals surface area contributed by atoms with E-state index in [0.717, 1.165) is 69.4 Å². The van der Waals surface area contributed by atoms with E-state index in [-0.39, 0.29) is 98.6 Å². The summed E-state index contributed by atoms with van der Waals surface area (Å²) in [4.78, 5) is 107. The molecule has 5 fully saturated rings. The van der Waals surface area contributed by atoms with Gasteiger partial charge >= 0.3 is 48.0 Å². The predicted octanol–water partition coefficient (Wildman–Crippen LogP) is 9.85. The van der Waals surface area contributed by atoms with Crippen LogP contribution in [0.2, 0.25) is 0 Å². The second-order valence-electron chi connectivity index (χ2n) is 21.1. The van der Waals surface area contributed by atoms with Crippen molar-refractivity contribution < 1.29 is 76.3 Å². The summed E-state index contributed by atoms with van der Waals surface area (Å²) in [5.41, 5.74) is -0.364. The van der Waals surface area contributed by atoms with Crippen molar-refractivity contribution >= 4 is 48.0 Å². The third-order valence-corrected chi connectivity index (χ3v) is 16.1. The molecule has 2 aromatic rings. The topological polar surface area (TPSA) is 217 Å². The number of piperazine rings is 1. The Hall–Kier alpha value is -7.16. The second-order valence-corrected chi connectivity index (χ2v) is 21.1. The Bertz CT molecular complexity index is 2540. The van der Waals surface area contributed by atoms with Crippen LogP contribution in [0.4, 0.5) is 9.59 Å². The van der Waals surface area contributed by atoms with Gasteiger partial charge in [-0.25, -0.2) is 28.8 Å². The van der Waals surface area contributed by atoms with Crippen molar-refractivity contribution in [2.45, 2.75) is 117 Å². The van der Waals surface area contributed by atoms with E-state index in [0.29, 0.717) is 55.3 Å². The molecule has 2 aromatic carbocycles. The van der Waals surface area contributed by atoms with Gasteiger partial charge in [-0.1, -0.05) is 32.9 Å². The summed E-state index contributed by atoms with van der Waals surface area (Å²) in [6.07, 6.45) is 16.2. The summed E-state index contributed by atoms with van der Waals surface area (Å²) in [6.45, 7) is 9.87. The van der Waals surface area contributed by atoms with Crippen LogP contribution in [0.1, 0.15) is 137 Å². The Labute approximate surface area is 456 Å². The van der Waals surface area contributed by atoms with Crippen molar-refractivity contribution in [2.24, 2.45) is 47.3 Å². The van der Waals surface area contributed by atoms with Gasteiger partial charge in [-0.15, -0.1) is 11.8 Å². The highest BCUT2D eigenvalue weighted by atomic mass is 16.6. The van der Waals surface area contributed by atoms with Gasteiger partial charge in [0.2, 0.25) is 0 Å². The lowest BCUT2D eigenvalue weighted by atomic mass is 9.69. The standard InChI is InChI=1S/C60H74N2O16/c1-5-8-40-11-15-42(16-12-40)44-19-23-46(24-20-44)56(66)78-52-28-26-48(38-50(52)58(68)74-36-34-72-54(64)7-3)76-60(70)62-31-29-61(30-32-62)59(69)75-47-25-27-51(49(37-47)57(67)73-35-33-71-53(63)6-2)77-55(65)45-21-17-43(18-22-45)41-13-9-39(4)10-14-41/h6-7,25-28,37-46H,2-3,9-24,29-36H2,1,4H3. The van der Waals surface area contributed by atoms with E-state index in [2.05, 4.69) is 31.9 Å². The molecular formula is C60H74N2O16. The summed E-state index contributed by atoms with van der Waals surface area (Å²) in [5, 5.41) is 0. The summed E-state index contributed by atoms with van der Waals surface area (Å²) < 4.78 is 43.6. The number of benzene rings is 2. The molecule has 4 aliphatic carbocycles. The van der Waals surface area contributed by atoms with Crippen molar-refractivity contribution in [3.05, 3.63) is 72.8 Å². The summed E-state index contributed by atoms with van der Waals surface area (Å²) >= 11 is 0. The molecular weight excluding hydrogens is 1000 g/mol. The average Bonchev–Trinajstić information content (AvgIpc) is 3.47. The molecule has 0 atom stereocenters. The Kier molecular flexibility index (Phi) is 21.8. The highest BCUT2D eigenvalue weighted by molar-refractivity contribution is 5.95. The number of carbonyl (C=O) groups is 8. The first kappa shape index (κ1) is 58.5. The maximum atomic E-state index is 13.6. The number of nitrogens with zero attached hydrogens (tertiary/aromatic N) is 2.